The van der Waals surface area contributed by atoms with Crippen LogP contribution in [0.15, 0.2) is 18.3 Å². The molecule has 2 aromatic rings. The number of imidazole rings is 1. The van der Waals surface area contributed by atoms with Crippen LogP contribution in [0.1, 0.15) is 26.5 Å². The Kier molecular flexibility index (Phi) is 3.30. The average molecular weight is 264 g/mol. The Balaban J connectivity index is 2.37. The number of carbonyl (C=O) groups excluding carboxylic acids is 1. The van der Waals surface area contributed by atoms with E-state index in [0.29, 0.717) is 5.82 Å². The van der Waals surface area contributed by atoms with Crippen molar-refractivity contribution in [2.75, 3.05) is 11.6 Å². The molecule has 0 unspecified atom stereocenters. The quantitative estimate of drug-likeness (QED) is 0.860. The summed E-state index contributed by atoms with van der Waals surface area (Å²) in [6, 6.07) is 3.60. The second-order valence-corrected chi connectivity index (χ2v) is 5.79. The van der Waals surface area contributed by atoms with E-state index in [9.17, 15) is 4.79 Å². The number of anilines is 1. The Morgan fingerprint density at radius 2 is 2.11 bits per heavy atom. The summed E-state index contributed by atoms with van der Waals surface area (Å²) in [6.45, 7) is 6.31. The van der Waals surface area contributed by atoms with Crippen LogP contribution in [0, 0.1) is 0 Å². The predicted molar refractivity (Wildman–Crippen MR) is 74.2 cm³/mol. The summed E-state index contributed by atoms with van der Waals surface area (Å²) < 4.78 is 1.69. The molecule has 2 rings (SSSR count). The molecule has 0 radical (unpaired) electrons. The fraction of sp³-hybridized carbons (Fsp3) is 0.417. The van der Waals surface area contributed by atoms with Crippen LogP contribution in [-0.2, 0) is 5.41 Å². The molecule has 0 aromatic carbocycles. The van der Waals surface area contributed by atoms with Gasteiger partial charge in [0.1, 0.15) is 0 Å². The summed E-state index contributed by atoms with van der Waals surface area (Å²) in [4.78, 5) is 15.8. The van der Waals surface area contributed by atoms with Gasteiger partial charge in [-0.3, -0.25) is 10.1 Å². The van der Waals surface area contributed by atoms with Crippen LogP contribution >= 0.6 is 11.8 Å². The van der Waals surface area contributed by atoms with Crippen LogP contribution in [0.5, 0.6) is 0 Å². The van der Waals surface area contributed by atoms with E-state index in [1.165, 1.54) is 0 Å². The van der Waals surface area contributed by atoms with Gasteiger partial charge in [-0.1, -0.05) is 32.5 Å². The highest BCUT2D eigenvalue weighted by Gasteiger charge is 2.18. The number of nitrogens with zero attached hydrogens (tertiary/aromatic N) is 3. The highest BCUT2D eigenvalue weighted by molar-refractivity contribution is 8.13. The number of thioether (sulfide) groups is 1. The number of nitrogens with one attached hydrogen (secondary N) is 1. The molecule has 0 aliphatic heterocycles. The first kappa shape index (κ1) is 12.9. The summed E-state index contributed by atoms with van der Waals surface area (Å²) in [7, 11) is 0. The first-order valence-electron chi connectivity index (χ1n) is 5.62. The van der Waals surface area contributed by atoms with Crippen molar-refractivity contribution in [1.82, 2.24) is 14.6 Å². The minimum absolute atomic E-state index is 0.0175. The van der Waals surface area contributed by atoms with Crippen molar-refractivity contribution in [3.8, 4) is 0 Å². The molecule has 0 fully saturated rings. The molecule has 96 valence electrons. The van der Waals surface area contributed by atoms with Gasteiger partial charge in [0.15, 0.2) is 11.5 Å². The average Bonchev–Trinajstić information content (AvgIpc) is 2.71. The maximum atomic E-state index is 11.3. The van der Waals surface area contributed by atoms with Crippen LogP contribution in [0.2, 0.25) is 0 Å². The molecule has 5 nitrogen and oxygen atoms in total. The van der Waals surface area contributed by atoms with Gasteiger partial charge in [-0.2, -0.15) is 0 Å². The van der Waals surface area contributed by atoms with Gasteiger partial charge in [0.05, 0.1) is 11.9 Å². The van der Waals surface area contributed by atoms with E-state index in [4.69, 9.17) is 0 Å². The molecule has 0 atom stereocenters. The van der Waals surface area contributed by atoms with Crippen molar-refractivity contribution < 1.29 is 4.79 Å². The van der Waals surface area contributed by atoms with Gasteiger partial charge in [-0.15, -0.1) is 5.10 Å². The Labute approximate surface area is 110 Å². The van der Waals surface area contributed by atoms with Crippen LogP contribution in [0.3, 0.4) is 0 Å². The number of aromatic nitrogens is 3. The lowest BCUT2D eigenvalue weighted by molar-refractivity contribution is 0.269. The molecule has 0 saturated heterocycles. The Morgan fingerprint density at radius 3 is 2.72 bits per heavy atom. The summed E-state index contributed by atoms with van der Waals surface area (Å²) in [5.41, 5.74) is 1.74. The first-order valence-corrected chi connectivity index (χ1v) is 6.84. The lowest BCUT2D eigenvalue weighted by Gasteiger charge is -2.13. The normalized spacial score (nSPS) is 11.8. The third kappa shape index (κ3) is 2.64. The number of fused-ring (bicyclic) bond motifs is 1. The Bertz CT molecular complexity index is 585. The number of hydrogen-bond acceptors (Lipinski definition) is 4. The molecule has 0 spiro atoms. The summed E-state index contributed by atoms with van der Waals surface area (Å²) >= 11 is 1.12. The van der Waals surface area contributed by atoms with Gasteiger partial charge in [-0.25, -0.2) is 9.50 Å². The van der Waals surface area contributed by atoms with Crippen molar-refractivity contribution in [2.45, 2.75) is 26.2 Å². The van der Waals surface area contributed by atoms with Gasteiger partial charge in [0.2, 0.25) is 0 Å². The van der Waals surface area contributed by atoms with Crippen molar-refractivity contribution in [1.29, 1.82) is 0 Å². The molecular formula is C12H16N4OS. The lowest BCUT2D eigenvalue weighted by atomic mass is 9.93. The summed E-state index contributed by atoms with van der Waals surface area (Å²) in [5, 5.41) is 6.88. The molecule has 1 N–H and O–H groups in total. The number of carbonyl (C=O) groups is 1. The SMILES string of the molecule is CSC(=O)Nc1ccc2nc(C(C)(C)C)cn2n1. The Hall–Kier alpha value is -1.56. The van der Waals surface area contributed by atoms with Crippen molar-refractivity contribution in [3.05, 3.63) is 24.0 Å². The first-order chi connectivity index (χ1) is 8.40. The fourth-order valence-electron chi connectivity index (χ4n) is 1.47. The zero-order valence-corrected chi connectivity index (χ0v) is 11.7. The molecule has 2 aromatic heterocycles. The van der Waals surface area contributed by atoms with Gasteiger partial charge >= 0.3 is 0 Å². The van der Waals surface area contributed by atoms with E-state index < -0.39 is 0 Å². The summed E-state index contributed by atoms with van der Waals surface area (Å²) in [5.74, 6) is 0.528. The number of amides is 1. The molecular weight excluding hydrogens is 248 g/mol. The smallest absolute Gasteiger partial charge is 0.284 e. The second-order valence-electron chi connectivity index (χ2n) is 5.01. The van der Waals surface area contributed by atoms with Gasteiger partial charge < -0.3 is 0 Å². The largest absolute Gasteiger partial charge is 0.300 e. The van der Waals surface area contributed by atoms with E-state index in [2.05, 4.69) is 36.2 Å². The zero-order valence-electron chi connectivity index (χ0n) is 10.9. The molecule has 6 heteroatoms. The van der Waals surface area contributed by atoms with Crippen molar-refractivity contribution in [3.63, 3.8) is 0 Å². The predicted octanol–water partition coefficient (Wildman–Crippen LogP) is 2.92. The third-order valence-electron chi connectivity index (χ3n) is 2.50. The standard InChI is InChI=1S/C12H16N4OS/c1-12(2,3)8-7-16-10(13-8)6-5-9(15-16)14-11(17)18-4/h5-7H,1-4H3,(H,14,15,17). The minimum Gasteiger partial charge on any atom is -0.300 e. The van der Waals surface area contributed by atoms with Gasteiger partial charge in [-0.05, 0) is 18.4 Å². The monoisotopic (exact) mass is 264 g/mol. The Morgan fingerprint density at radius 1 is 1.39 bits per heavy atom. The minimum atomic E-state index is -0.127. The number of rotatable bonds is 1. The van der Waals surface area contributed by atoms with Crippen molar-refractivity contribution in [2.24, 2.45) is 0 Å². The van der Waals surface area contributed by atoms with E-state index in [-0.39, 0.29) is 10.7 Å². The number of hydrogen-bond donors (Lipinski definition) is 1. The second kappa shape index (κ2) is 4.61. The molecule has 0 aliphatic rings. The molecule has 18 heavy (non-hydrogen) atoms. The fourth-order valence-corrected chi connectivity index (χ4v) is 1.67. The zero-order chi connectivity index (χ0) is 13.3. The molecule has 2 heterocycles. The highest BCUT2D eigenvalue weighted by Crippen LogP contribution is 2.21. The molecule has 0 bridgehead atoms. The van der Waals surface area contributed by atoms with E-state index in [1.54, 1.807) is 16.8 Å². The summed E-state index contributed by atoms with van der Waals surface area (Å²) in [6.07, 6.45) is 3.62. The van der Waals surface area contributed by atoms with E-state index in [0.717, 1.165) is 23.1 Å². The lowest BCUT2D eigenvalue weighted by Crippen LogP contribution is -2.11. The molecule has 0 saturated carbocycles. The third-order valence-corrected chi connectivity index (χ3v) is 2.98. The highest BCUT2D eigenvalue weighted by atomic mass is 32.2. The van der Waals surface area contributed by atoms with Crippen LogP contribution in [0.25, 0.3) is 5.65 Å². The van der Waals surface area contributed by atoms with E-state index in [1.807, 2.05) is 12.3 Å². The maximum absolute atomic E-state index is 11.3. The van der Waals surface area contributed by atoms with Crippen LogP contribution < -0.4 is 5.32 Å². The molecule has 0 aliphatic carbocycles. The topological polar surface area (TPSA) is 59.3 Å². The van der Waals surface area contributed by atoms with Crippen LogP contribution in [-0.4, -0.2) is 26.1 Å². The molecule has 1 amide bonds. The van der Waals surface area contributed by atoms with Gasteiger partial charge in [0.25, 0.3) is 5.24 Å². The van der Waals surface area contributed by atoms with E-state index >= 15 is 0 Å². The van der Waals surface area contributed by atoms with Crippen LogP contribution in [0.4, 0.5) is 10.6 Å². The maximum Gasteiger partial charge on any atom is 0.284 e. The van der Waals surface area contributed by atoms with Gasteiger partial charge in [0, 0.05) is 5.41 Å². The van der Waals surface area contributed by atoms with Crippen molar-refractivity contribution >= 4 is 28.5 Å².